The molecular weight excluding hydrogens is 562 g/mol. The first kappa shape index (κ1) is 43.1. The number of hydrogen-bond acceptors (Lipinski definition) is 2. The molecule has 0 aromatic rings. The molecule has 1 aliphatic heterocycles. The molecule has 1 heterocycles. The zero-order valence-electron chi connectivity index (χ0n) is 31.8. The number of hydrogen-bond donors (Lipinski definition) is 2. The van der Waals surface area contributed by atoms with Crippen LogP contribution < -0.4 is 10.6 Å². The van der Waals surface area contributed by atoms with E-state index < -0.39 is 0 Å². The van der Waals surface area contributed by atoms with Gasteiger partial charge < -0.3 is 0 Å². The standard InChI is InChI=1S/C42H83N3O/c1-4-6-8-10-12-14-16-18-20-22-24-26-28-30-32-34-36-41-43-38-39-45(41)40(3)44-42(46)37-35-33-31-29-27-25-23-21-19-17-15-13-11-9-7-5-2/h39-41,43H,4-38H2,1-3H3/p+1. The lowest BCUT2D eigenvalue weighted by Crippen LogP contribution is -2.46. The lowest BCUT2D eigenvalue weighted by molar-refractivity contribution is -0.595. The van der Waals surface area contributed by atoms with Crippen LogP contribution in [0.2, 0.25) is 0 Å². The quantitative estimate of drug-likeness (QED) is 0.0525. The molecule has 0 radical (unpaired) electrons. The lowest BCUT2D eigenvalue weighted by atomic mass is 10.0. The van der Waals surface area contributed by atoms with Gasteiger partial charge in [-0.2, -0.15) is 0 Å². The van der Waals surface area contributed by atoms with Crippen LogP contribution in [0.4, 0.5) is 0 Å². The summed E-state index contributed by atoms with van der Waals surface area (Å²) >= 11 is 0. The molecule has 0 bridgehead atoms. The van der Waals surface area contributed by atoms with Crippen molar-refractivity contribution in [3.63, 3.8) is 0 Å². The van der Waals surface area contributed by atoms with E-state index in [1.165, 1.54) is 205 Å². The number of nitrogens with zero attached hydrogens (tertiary/aromatic N) is 1. The first-order valence-electron chi connectivity index (χ1n) is 21.3. The predicted octanol–water partition coefficient (Wildman–Crippen LogP) is 12.8. The van der Waals surface area contributed by atoms with Crippen LogP contribution in [0.1, 0.15) is 239 Å². The second-order valence-corrected chi connectivity index (χ2v) is 14.9. The Morgan fingerprint density at radius 2 is 0.891 bits per heavy atom. The van der Waals surface area contributed by atoms with Crippen LogP contribution >= 0.6 is 0 Å². The molecule has 2 unspecified atom stereocenters. The highest BCUT2D eigenvalue weighted by atomic mass is 16.1. The van der Waals surface area contributed by atoms with Crippen LogP contribution in [0.5, 0.6) is 0 Å². The molecule has 0 spiro atoms. The third-order valence-electron chi connectivity index (χ3n) is 10.4. The SMILES string of the molecule is CCCCCCCCCCCCCCCCCCC(=O)NC(C)[N+]1=CCNC1CCCCCCCCCCCCCCCCCC. The Balaban J connectivity index is 1.90. The minimum absolute atomic E-state index is 0.0783. The summed E-state index contributed by atoms with van der Waals surface area (Å²) in [4.78, 5) is 12.6. The van der Waals surface area contributed by atoms with Crippen LogP contribution in [-0.2, 0) is 4.79 Å². The van der Waals surface area contributed by atoms with E-state index in [1.54, 1.807) is 0 Å². The summed E-state index contributed by atoms with van der Waals surface area (Å²) in [5, 5.41) is 6.91. The Morgan fingerprint density at radius 1 is 0.565 bits per heavy atom. The minimum atomic E-state index is 0.0783. The van der Waals surface area contributed by atoms with Crippen LogP contribution in [0.3, 0.4) is 0 Å². The summed E-state index contributed by atoms with van der Waals surface area (Å²) in [7, 11) is 0. The molecule has 1 amide bonds. The van der Waals surface area contributed by atoms with Gasteiger partial charge in [0.2, 0.25) is 18.2 Å². The number of carbonyl (C=O) groups is 1. The van der Waals surface area contributed by atoms with E-state index in [2.05, 4.69) is 42.2 Å². The molecule has 0 saturated carbocycles. The van der Waals surface area contributed by atoms with Crippen molar-refractivity contribution < 1.29 is 9.37 Å². The largest absolute Gasteiger partial charge is 0.299 e. The summed E-state index contributed by atoms with van der Waals surface area (Å²) < 4.78 is 2.36. The van der Waals surface area contributed by atoms with Crippen molar-refractivity contribution in [2.24, 2.45) is 0 Å². The number of rotatable bonds is 36. The van der Waals surface area contributed by atoms with Crippen molar-refractivity contribution in [3.05, 3.63) is 0 Å². The molecule has 0 aromatic heterocycles. The van der Waals surface area contributed by atoms with E-state index >= 15 is 0 Å². The second-order valence-electron chi connectivity index (χ2n) is 14.9. The second kappa shape index (κ2) is 34.0. The molecule has 2 atom stereocenters. The van der Waals surface area contributed by atoms with E-state index in [0.717, 1.165) is 13.0 Å². The highest BCUT2D eigenvalue weighted by Crippen LogP contribution is 2.16. The van der Waals surface area contributed by atoms with Crippen LogP contribution in [-0.4, -0.2) is 35.6 Å². The molecule has 272 valence electrons. The molecule has 0 aromatic carbocycles. The fourth-order valence-corrected chi connectivity index (χ4v) is 7.31. The molecule has 1 aliphatic rings. The molecule has 2 N–H and O–H groups in total. The highest BCUT2D eigenvalue weighted by molar-refractivity contribution is 5.76. The van der Waals surface area contributed by atoms with Gasteiger partial charge in [-0.1, -0.05) is 206 Å². The Kier molecular flexibility index (Phi) is 31.9. The summed E-state index contributed by atoms with van der Waals surface area (Å²) in [6.45, 7) is 7.66. The Hall–Kier alpha value is -0.900. The molecule has 46 heavy (non-hydrogen) atoms. The van der Waals surface area contributed by atoms with Crippen LogP contribution in [0.25, 0.3) is 0 Å². The first-order valence-corrected chi connectivity index (χ1v) is 21.3. The zero-order chi connectivity index (χ0) is 33.2. The van der Waals surface area contributed by atoms with E-state index in [0.29, 0.717) is 12.6 Å². The molecule has 0 fully saturated rings. The van der Waals surface area contributed by atoms with Crippen molar-refractivity contribution in [2.45, 2.75) is 251 Å². The number of nitrogens with one attached hydrogen (secondary N) is 2. The summed E-state index contributed by atoms with van der Waals surface area (Å²) in [6, 6.07) is 0. The molecule has 1 rings (SSSR count). The van der Waals surface area contributed by atoms with Gasteiger partial charge in [0, 0.05) is 19.8 Å². The molecular formula is C42H84N3O+. The monoisotopic (exact) mass is 647 g/mol. The van der Waals surface area contributed by atoms with E-state index in [1.807, 2.05) is 0 Å². The minimum Gasteiger partial charge on any atom is -0.299 e. The maximum atomic E-state index is 12.6. The van der Waals surface area contributed by atoms with E-state index in [4.69, 9.17) is 0 Å². The Labute approximate surface area is 289 Å². The van der Waals surface area contributed by atoms with Gasteiger partial charge in [0.25, 0.3) is 0 Å². The van der Waals surface area contributed by atoms with Gasteiger partial charge in [0.05, 0.1) is 6.54 Å². The molecule has 4 heteroatoms. The van der Waals surface area contributed by atoms with E-state index in [9.17, 15) is 4.79 Å². The van der Waals surface area contributed by atoms with Crippen molar-refractivity contribution in [1.29, 1.82) is 0 Å². The van der Waals surface area contributed by atoms with E-state index in [-0.39, 0.29) is 12.1 Å². The normalized spacial score (nSPS) is 15.4. The Morgan fingerprint density at radius 3 is 1.26 bits per heavy atom. The maximum Gasteiger partial charge on any atom is 0.226 e. The van der Waals surface area contributed by atoms with Gasteiger partial charge in [-0.25, -0.2) is 9.89 Å². The van der Waals surface area contributed by atoms with Gasteiger partial charge in [-0.3, -0.25) is 10.1 Å². The summed E-state index contributed by atoms with van der Waals surface area (Å²) in [5.74, 6) is 0.222. The van der Waals surface area contributed by atoms with Gasteiger partial charge in [0.1, 0.15) is 0 Å². The van der Waals surface area contributed by atoms with Gasteiger partial charge in [-0.15, -0.1) is 0 Å². The van der Waals surface area contributed by atoms with Crippen LogP contribution in [0.15, 0.2) is 0 Å². The predicted molar refractivity (Wildman–Crippen MR) is 204 cm³/mol. The average molecular weight is 647 g/mol. The third kappa shape index (κ3) is 27.1. The van der Waals surface area contributed by atoms with Crippen molar-refractivity contribution in [2.75, 3.05) is 6.54 Å². The molecule has 4 nitrogen and oxygen atoms in total. The average Bonchev–Trinajstić information content (AvgIpc) is 3.53. The van der Waals surface area contributed by atoms with Gasteiger partial charge in [-0.05, 0) is 12.8 Å². The van der Waals surface area contributed by atoms with Crippen LogP contribution in [0, 0.1) is 0 Å². The van der Waals surface area contributed by atoms with Gasteiger partial charge >= 0.3 is 0 Å². The fourth-order valence-electron chi connectivity index (χ4n) is 7.31. The van der Waals surface area contributed by atoms with Crippen molar-refractivity contribution in [3.8, 4) is 0 Å². The van der Waals surface area contributed by atoms with Crippen molar-refractivity contribution >= 4 is 12.1 Å². The highest BCUT2D eigenvalue weighted by Gasteiger charge is 2.30. The zero-order valence-corrected chi connectivity index (χ0v) is 31.8. The smallest absolute Gasteiger partial charge is 0.226 e. The first-order chi connectivity index (χ1) is 22.7. The molecule has 0 aliphatic carbocycles. The number of unbranched alkanes of at least 4 members (excludes halogenated alkanes) is 30. The topological polar surface area (TPSA) is 44.1 Å². The van der Waals surface area contributed by atoms with Gasteiger partial charge in [0.15, 0.2) is 6.21 Å². The lowest BCUT2D eigenvalue weighted by Gasteiger charge is -2.17. The van der Waals surface area contributed by atoms with Crippen molar-refractivity contribution in [1.82, 2.24) is 10.6 Å². The third-order valence-corrected chi connectivity index (χ3v) is 10.4. The summed E-state index contributed by atoms with van der Waals surface area (Å²) in [5.41, 5.74) is 0. The summed E-state index contributed by atoms with van der Waals surface area (Å²) in [6.07, 6.45) is 49.1. The fraction of sp³-hybridized carbons (Fsp3) is 0.952. The Bertz CT molecular complexity index is 678. The number of carbonyl (C=O) groups excluding carboxylic acids is 1. The number of amides is 1. The maximum absolute atomic E-state index is 12.6. The molecule has 0 saturated heterocycles.